The van der Waals surface area contributed by atoms with Crippen LogP contribution in [0.25, 0.3) is 17.0 Å². The molecule has 4 aromatic rings. The number of nitrogens with two attached hydrogens (primary N) is 1. The number of benzene rings is 1. The van der Waals surface area contributed by atoms with Crippen molar-refractivity contribution in [3.8, 4) is 11.4 Å². The number of imidazole rings is 1. The first kappa shape index (κ1) is 22.0. The van der Waals surface area contributed by atoms with Crippen LogP contribution in [0.2, 0.25) is 0 Å². The minimum absolute atomic E-state index is 0. The molecule has 166 valence electrons. The molecule has 32 heavy (non-hydrogen) atoms. The van der Waals surface area contributed by atoms with E-state index < -0.39 is 0 Å². The maximum absolute atomic E-state index is 6.04. The van der Waals surface area contributed by atoms with E-state index in [-0.39, 0.29) is 12.4 Å². The van der Waals surface area contributed by atoms with Crippen molar-refractivity contribution >= 4 is 29.8 Å². The molecule has 1 aliphatic carbocycles. The predicted molar refractivity (Wildman–Crippen MR) is 129 cm³/mol. The van der Waals surface area contributed by atoms with Crippen LogP contribution in [-0.4, -0.2) is 36.4 Å². The van der Waals surface area contributed by atoms with Crippen LogP contribution < -0.4 is 16.4 Å². The molecule has 0 unspecified atom stereocenters. The Labute approximate surface area is 193 Å². The van der Waals surface area contributed by atoms with Crippen LogP contribution in [-0.2, 0) is 6.54 Å². The van der Waals surface area contributed by atoms with Crippen LogP contribution in [0, 0.1) is 0 Å². The van der Waals surface area contributed by atoms with Crippen molar-refractivity contribution in [3.05, 3.63) is 66.7 Å². The zero-order valence-electron chi connectivity index (χ0n) is 17.7. The van der Waals surface area contributed by atoms with Gasteiger partial charge in [0.15, 0.2) is 11.5 Å². The number of anilines is 2. The van der Waals surface area contributed by atoms with Crippen molar-refractivity contribution < 1.29 is 0 Å². The summed E-state index contributed by atoms with van der Waals surface area (Å²) in [4.78, 5) is 18.2. The van der Waals surface area contributed by atoms with Gasteiger partial charge in [-0.25, -0.2) is 19.9 Å². The third-order valence-electron chi connectivity index (χ3n) is 5.75. The van der Waals surface area contributed by atoms with Crippen LogP contribution in [0.15, 0.2) is 61.2 Å². The van der Waals surface area contributed by atoms with Gasteiger partial charge in [-0.2, -0.15) is 0 Å². The summed E-state index contributed by atoms with van der Waals surface area (Å²) in [6.45, 7) is 0.667. The third-order valence-corrected chi connectivity index (χ3v) is 5.75. The summed E-state index contributed by atoms with van der Waals surface area (Å²) >= 11 is 0. The smallest absolute Gasteiger partial charge is 0.223 e. The lowest BCUT2D eigenvalue weighted by Gasteiger charge is -2.27. The number of aromatic nitrogens is 5. The highest BCUT2D eigenvalue weighted by Gasteiger charge is 2.20. The Bertz CT molecular complexity index is 1160. The Morgan fingerprint density at radius 2 is 1.78 bits per heavy atom. The van der Waals surface area contributed by atoms with E-state index in [0.29, 0.717) is 24.6 Å². The molecule has 0 bridgehead atoms. The normalized spacial score (nSPS) is 18.2. The highest BCUT2D eigenvalue weighted by molar-refractivity contribution is 5.85. The van der Waals surface area contributed by atoms with Crippen LogP contribution in [0.3, 0.4) is 0 Å². The summed E-state index contributed by atoms with van der Waals surface area (Å²) in [5, 5.41) is 6.86. The van der Waals surface area contributed by atoms with E-state index in [1.807, 2.05) is 41.1 Å². The highest BCUT2D eigenvalue weighted by atomic mass is 35.5. The SMILES string of the molecule is Cl.NC1CCC(Nc2nccn3c(-c4ccnc(NCc5ccccc5)n4)cnc23)CC1. The van der Waals surface area contributed by atoms with Crippen molar-refractivity contribution in [1.82, 2.24) is 24.3 Å². The van der Waals surface area contributed by atoms with E-state index >= 15 is 0 Å². The van der Waals surface area contributed by atoms with E-state index in [2.05, 4.69) is 37.7 Å². The molecule has 4 N–H and O–H groups in total. The molecule has 0 spiro atoms. The first-order valence-electron chi connectivity index (χ1n) is 10.7. The molecule has 0 saturated heterocycles. The van der Waals surface area contributed by atoms with Crippen LogP contribution >= 0.6 is 12.4 Å². The second kappa shape index (κ2) is 9.93. The number of rotatable bonds is 6. The van der Waals surface area contributed by atoms with Crippen molar-refractivity contribution in [2.24, 2.45) is 5.73 Å². The molecule has 9 heteroatoms. The third kappa shape index (κ3) is 4.81. The summed E-state index contributed by atoms with van der Waals surface area (Å²) in [6, 6.07) is 12.8. The van der Waals surface area contributed by atoms with E-state index in [1.54, 1.807) is 12.4 Å². The number of fused-ring (bicyclic) bond motifs is 1. The summed E-state index contributed by atoms with van der Waals surface area (Å²) in [7, 11) is 0. The molecule has 0 amide bonds. The summed E-state index contributed by atoms with van der Waals surface area (Å²) < 4.78 is 2.02. The number of hydrogen-bond acceptors (Lipinski definition) is 7. The standard InChI is InChI=1S/C23H26N8.ClH/c24-17-6-8-18(9-7-17)29-21-22-27-15-20(31(22)13-12-25-21)19-10-11-26-23(30-19)28-14-16-4-2-1-3-5-16;/h1-5,10-13,15,17-18H,6-9,14,24H2,(H,25,29)(H,26,28,30);1H. The van der Waals surface area contributed by atoms with Crippen molar-refractivity contribution in [1.29, 1.82) is 0 Å². The largest absolute Gasteiger partial charge is 0.364 e. The number of hydrogen-bond donors (Lipinski definition) is 3. The lowest BCUT2D eigenvalue weighted by Crippen LogP contribution is -2.33. The van der Waals surface area contributed by atoms with Gasteiger partial charge >= 0.3 is 0 Å². The van der Waals surface area contributed by atoms with Crippen LogP contribution in [0.1, 0.15) is 31.2 Å². The van der Waals surface area contributed by atoms with Gasteiger partial charge in [-0.3, -0.25) is 4.40 Å². The summed E-state index contributed by atoms with van der Waals surface area (Å²) in [5.74, 6) is 1.38. The quantitative estimate of drug-likeness (QED) is 0.409. The molecule has 3 heterocycles. The molecule has 1 aliphatic rings. The lowest BCUT2D eigenvalue weighted by atomic mass is 9.92. The average molecular weight is 451 g/mol. The van der Waals surface area contributed by atoms with E-state index in [4.69, 9.17) is 10.7 Å². The number of halogens is 1. The highest BCUT2D eigenvalue weighted by Crippen LogP contribution is 2.25. The first-order valence-corrected chi connectivity index (χ1v) is 10.7. The molecule has 1 aromatic carbocycles. The Morgan fingerprint density at radius 3 is 2.59 bits per heavy atom. The first-order chi connectivity index (χ1) is 15.3. The molecule has 0 radical (unpaired) electrons. The Morgan fingerprint density at radius 1 is 0.969 bits per heavy atom. The van der Waals surface area contributed by atoms with Gasteiger partial charge in [0, 0.05) is 37.2 Å². The molecule has 1 fully saturated rings. The van der Waals surface area contributed by atoms with E-state index in [9.17, 15) is 0 Å². The Kier molecular flexibility index (Phi) is 6.82. The number of nitrogens with one attached hydrogen (secondary N) is 2. The molecular formula is C23H27ClN8. The predicted octanol–water partition coefficient (Wildman–Crippen LogP) is 3.90. The van der Waals surface area contributed by atoms with Crippen LogP contribution in [0.4, 0.5) is 11.8 Å². The van der Waals surface area contributed by atoms with Gasteiger partial charge in [0.25, 0.3) is 0 Å². The van der Waals surface area contributed by atoms with Gasteiger partial charge < -0.3 is 16.4 Å². The van der Waals surface area contributed by atoms with Gasteiger partial charge in [0.2, 0.25) is 5.95 Å². The summed E-state index contributed by atoms with van der Waals surface area (Å²) in [6.07, 6.45) is 11.5. The van der Waals surface area contributed by atoms with Crippen LogP contribution in [0.5, 0.6) is 0 Å². The zero-order chi connectivity index (χ0) is 21.0. The maximum Gasteiger partial charge on any atom is 0.223 e. The molecule has 5 rings (SSSR count). The molecule has 8 nitrogen and oxygen atoms in total. The second-order valence-corrected chi connectivity index (χ2v) is 7.97. The molecular weight excluding hydrogens is 424 g/mol. The fraction of sp³-hybridized carbons (Fsp3) is 0.304. The van der Waals surface area contributed by atoms with Gasteiger partial charge in [0.1, 0.15) is 0 Å². The van der Waals surface area contributed by atoms with Gasteiger partial charge in [-0.1, -0.05) is 30.3 Å². The molecule has 0 atom stereocenters. The fourth-order valence-electron chi connectivity index (χ4n) is 4.03. The van der Waals surface area contributed by atoms with E-state index in [1.165, 1.54) is 5.56 Å². The molecule has 3 aromatic heterocycles. The van der Waals surface area contributed by atoms with E-state index in [0.717, 1.165) is 48.5 Å². The number of nitrogens with zero attached hydrogens (tertiary/aromatic N) is 5. The average Bonchev–Trinajstić information content (AvgIpc) is 3.25. The molecule has 0 aliphatic heterocycles. The van der Waals surface area contributed by atoms with Gasteiger partial charge in [-0.05, 0) is 37.3 Å². The zero-order valence-corrected chi connectivity index (χ0v) is 18.5. The lowest BCUT2D eigenvalue weighted by molar-refractivity contribution is 0.410. The monoisotopic (exact) mass is 450 g/mol. The van der Waals surface area contributed by atoms with Gasteiger partial charge in [-0.15, -0.1) is 12.4 Å². The van der Waals surface area contributed by atoms with Gasteiger partial charge in [0.05, 0.1) is 17.6 Å². The Balaban J connectivity index is 0.00000245. The summed E-state index contributed by atoms with van der Waals surface area (Å²) in [5.41, 5.74) is 9.72. The maximum atomic E-state index is 6.04. The van der Waals surface area contributed by atoms with Crippen molar-refractivity contribution in [3.63, 3.8) is 0 Å². The van der Waals surface area contributed by atoms with Crippen molar-refractivity contribution in [2.45, 2.75) is 44.3 Å². The molecule has 1 saturated carbocycles. The topological polar surface area (TPSA) is 106 Å². The minimum Gasteiger partial charge on any atom is -0.364 e. The van der Waals surface area contributed by atoms with Crippen molar-refractivity contribution in [2.75, 3.05) is 10.6 Å². The minimum atomic E-state index is 0. The fourth-order valence-corrected chi connectivity index (χ4v) is 4.03. The Hall–Kier alpha value is -3.23. The second-order valence-electron chi connectivity index (χ2n) is 7.97.